The fraction of sp³-hybridized carbons (Fsp3) is 0.515. The Morgan fingerprint density at radius 1 is 0.929 bits per heavy atom. The van der Waals surface area contributed by atoms with Crippen molar-refractivity contribution in [3.05, 3.63) is 58.4 Å². The summed E-state index contributed by atoms with van der Waals surface area (Å²) >= 11 is 0. The number of fused-ring (bicyclic) bond motifs is 1. The van der Waals surface area contributed by atoms with E-state index in [1.165, 1.54) is 11.1 Å². The van der Waals surface area contributed by atoms with Crippen LogP contribution in [0.2, 0.25) is 0 Å². The van der Waals surface area contributed by atoms with Gasteiger partial charge in [0.2, 0.25) is 5.91 Å². The highest BCUT2D eigenvalue weighted by atomic mass is 16.5. The predicted molar refractivity (Wildman–Crippen MR) is 168 cm³/mol. The summed E-state index contributed by atoms with van der Waals surface area (Å²) in [5.74, 6) is 3.56. The molecule has 2 aliphatic rings. The Morgan fingerprint density at radius 3 is 2.31 bits per heavy atom. The minimum Gasteiger partial charge on any atom is -0.488 e. The third-order valence-corrected chi connectivity index (χ3v) is 8.15. The van der Waals surface area contributed by atoms with E-state index in [0.717, 1.165) is 91.3 Å². The second kappa shape index (κ2) is 13.1. The van der Waals surface area contributed by atoms with E-state index in [1.807, 2.05) is 32.9 Å². The largest absolute Gasteiger partial charge is 0.488 e. The quantitative estimate of drug-likeness (QED) is 0.406. The van der Waals surface area contributed by atoms with Crippen molar-refractivity contribution in [1.82, 2.24) is 25.2 Å². The Hall–Kier alpha value is -3.72. The molecule has 0 atom stereocenters. The number of nitrogens with zero attached hydrogens (tertiary/aromatic N) is 6. The third-order valence-electron chi connectivity index (χ3n) is 8.15. The number of rotatable bonds is 9. The second-order valence-corrected chi connectivity index (χ2v) is 11.6. The van der Waals surface area contributed by atoms with Gasteiger partial charge in [-0.15, -0.1) is 0 Å². The number of carbonyl (C=O) groups is 1. The molecule has 1 N–H and O–H groups in total. The molecule has 9 nitrogen and oxygen atoms in total. The van der Waals surface area contributed by atoms with E-state index < -0.39 is 0 Å². The van der Waals surface area contributed by atoms with Crippen LogP contribution in [0.5, 0.6) is 5.75 Å². The first-order valence-electron chi connectivity index (χ1n) is 15.4. The lowest BCUT2D eigenvalue weighted by Gasteiger charge is -2.37. The molecule has 1 aromatic carbocycles. The van der Waals surface area contributed by atoms with Crippen LogP contribution in [0.15, 0.2) is 30.3 Å². The highest BCUT2D eigenvalue weighted by molar-refractivity contribution is 5.78. The Labute approximate surface area is 250 Å². The molecule has 1 fully saturated rings. The van der Waals surface area contributed by atoms with Gasteiger partial charge in [0.15, 0.2) is 17.4 Å². The Morgan fingerprint density at radius 2 is 1.64 bits per heavy atom. The van der Waals surface area contributed by atoms with Gasteiger partial charge in [0, 0.05) is 54.7 Å². The smallest absolute Gasteiger partial charge is 0.234 e. The molecule has 42 heavy (non-hydrogen) atoms. The molecule has 5 rings (SSSR count). The van der Waals surface area contributed by atoms with Crippen LogP contribution in [0.4, 0.5) is 11.6 Å². The van der Waals surface area contributed by atoms with Gasteiger partial charge in [0.1, 0.15) is 12.4 Å². The molecule has 2 aromatic heterocycles. The summed E-state index contributed by atoms with van der Waals surface area (Å²) in [5, 5.41) is 3.02. The normalized spacial score (nSPS) is 15.5. The van der Waals surface area contributed by atoms with Crippen LogP contribution in [0.1, 0.15) is 55.8 Å². The summed E-state index contributed by atoms with van der Waals surface area (Å²) in [4.78, 5) is 34.7. The summed E-state index contributed by atoms with van der Waals surface area (Å²) in [5.41, 5.74) is 6.78. The molecule has 1 saturated heterocycles. The average molecular weight is 572 g/mol. The maximum Gasteiger partial charge on any atom is 0.234 e. The van der Waals surface area contributed by atoms with Gasteiger partial charge in [-0.25, -0.2) is 15.0 Å². The first-order chi connectivity index (χ1) is 20.3. The topological polar surface area (TPSA) is 86.7 Å². The third kappa shape index (κ3) is 6.51. The molecule has 2 aliphatic heterocycles. The molecule has 0 bridgehead atoms. The SMILES string of the molecule is CCc1cccc(CC)c1-c1nc(C)c(CN2CCOc3ccc(C)nc32)c(N2CCN(CC(=O)NC(C)C)CC2)n1. The van der Waals surface area contributed by atoms with Gasteiger partial charge in [-0.1, -0.05) is 32.0 Å². The van der Waals surface area contributed by atoms with Gasteiger partial charge in [0.25, 0.3) is 0 Å². The lowest BCUT2D eigenvalue weighted by atomic mass is 9.96. The van der Waals surface area contributed by atoms with Crippen molar-refractivity contribution in [2.75, 3.05) is 55.7 Å². The molecular formula is C33H45N7O2. The maximum absolute atomic E-state index is 12.4. The minimum atomic E-state index is 0.0800. The molecule has 0 spiro atoms. The zero-order valence-electron chi connectivity index (χ0n) is 26.0. The second-order valence-electron chi connectivity index (χ2n) is 11.6. The predicted octanol–water partition coefficient (Wildman–Crippen LogP) is 4.33. The summed E-state index contributed by atoms with van der Waals surface area (Å²) in [7, 11) is 0. The fourth-order valence-electron chi connectivity index (χ4n) is 5.94. The number of aryl methyl sites for hydroxylation is 4. The number of pyridine rings is 1. The Bertz CT molecular complexity index is 1390. The molecule has 0 radical (unpaired) electrons. The number of hydrogen-bond donors (Lipinski definition) is 1. The zero-order valence-corrected chi connectivity index (χ0v) is 26.0. The van der Waals surface area contributed by atoms with Crippen LogP contribution in [0.3, 0.4) is 0 Å². The number of carbonyl (C=O) groups excluding carboxylic acids is 1. The van der Waals surface area contributed by atoms with Crippen LogP contribution in [0, 0.1) is 13.8 Å². The highest BCUT2D eigenvalue weighted by Gasteiger charge is 2.28. The number of piperazine rings is 1. The first kappa shape index (κ1) is 29.8. The maximum atomic E-state index is 12.4. The van der Waals surface area contributed by atoms with E-state index in [1.54, 1.807) is 0 Å². The highest BCUT2D eigenvalue weighted by Crippen LogP contribution is 2.35. The van der Waals surface area contributed by atoms with Crippen molar-refractivity contribution in [2.45, 2.75) is 67.0 Å². The van der Waals surface area contributed by atoms with Gasteiger partial charge in [0.05, 0.1) is 19.6 Å². The summed E-state index contributed by atoms with van der Waals surface area (Å²) in [6.07, 6.45) is 1.85. The molecule has 3 aromatic rings. The van der Waals surface area contributed by atoms with Crippen molar-refractivity contribution >= 4 is 17.5 Å². The van der Waals surface area contributed by atoms with Crippen molar-refractivity contribution in [1.29, 1.82) is 0 Å². The number of anilines is 2. The van der Waals surface area contributed by atoms with Crippen LogP contribution in [-0.4, -0.2) is 77.7 Å². The molecular weight excluding hydrogens is 526 g/mol. The lowest BCUT2D eigenvalue weighted by molar-refractivity contribution is -0.122. The monoisotopic (exact) mass is 571 g/mol. The number of benzene rings is 1. The van der Waals surface area contributed by atoms with E-state index in [9.17, 15) is 4.79 Å². The van der Waals surface area contributed by atoms with Crippen LogP contribution in [-0.2, 0) is 24.2 Å². The molecule has 0 unspecified atom stereocenters. The Balaban J connectivity index is 1.51. The van der Waals surface area contributed by atoms with Gasteiger partial charge in [-0.3, -0.25) is 9.69 Å². The fourth-order valence-corrected chi connectivity index (χ4v) is 5.94. The van der Waals surface area contributed by atoms with Crippen LogP contribution in [0.25, 0.3) is 11.4 Å². The van der Waals surface area contributed by atoms with Crippen molar-refractivity contribution in [3.8, 4) is 17.1 Å². The number of amides is 1. The first-order valence-corrected chi connectivity index (χ1v) is 15.4. The number of aromatic nitrogens is 3. The van der Waals surface area contributed by atoms with Crippen molar-refractivity contribution in [3.63, 3.8) is 0 Å². The molecule has 224 valence electrons. The summed E-state index contributed by atoms with van der Waals surface area (Å²) in [6.45, 7) is 18.2. The zero-order chi connectivity index (χ0) is 29.8. The lowest BCUT2D eigenvalue weighted by Crippen LogP contribution is -2.50. The van der Waals surface area contributed by atoms with Crippen LogP contribution < -0.4 is 19.9 Å². The number of ether oxygens (including phenoxy) is 1. The summed E-state index contributed by atoms with van der Waals surface area (Å²) in [6, 6.07) is 10.7. The van der Waals surface area contributed by atoms with E-state index in [0.29, 0.717) is 19.7 Å². The van der Waals surface area contributed by atoms with Gasteiger partial charge in [-0.2, -0.15) is 0 Å². The molecule has 0 aliphatic carbocycles. The van der Waals surface area contributed by atoms with E-state index in [2.05, 4.69) is 59.0 Å². The van der Waals surface area contributed by atoms with E-state index in [4.69, 9.17) is 19.7 Å². The number of nitrogens with one attached hydrogen (secondary N) is 1. The summed E-state index contributed by atoms with van der Waals surface area (Å²) < 4.78 is 5.93. The minimum absolute atomic E-state index is 0.0800. The number of hydrogen-bond acceptors (Lipinski definition) is 8. The van der Waals surface area contributed by atoms with Gasteiger partial charge in [-0.05, 0) is 63.8 Å². The van der Waals surface area contributed by atoms with Crippen molar-refractivity contribution < 1.29 is 9.53 Å². The Kier molecular flexibility index (Phi) is 9.26. The molecule has 9 heteroatoms. The molecule has 4 heterocycles. The van der Waals surface area contributed by atoms with Crippen LogP contribution >= 0.6 is 0 Å². The molecule has 1 amide bonds. The average Bonchev–Trinajstić information content (AvgIpc) is 2.97. The molecule has 0 saturated carbocycles. The van der Waals surface area contributed by atoms with Gasteiger partial charge < -0.3 is 19.9 Å². The van der Waals surface area contributed by atoms with Gasteiger partial charge >= 0.3 is 0 Å². The standard InChI is InChI=1S/C33H45N7O2/c1-7-25-10-9-11-26(8-2)30(25)31-36-24(6)27(20-40-18-19-42-28-13-12-23(5)35-33(28)40)32(37-31)39-16-14-38(15-17-39)21-29(41)34-22(3)4/h9-13,22H,7-8,14-21H2,1-6H3,(H,34,41). The van der Waals surface area contributed by atoms with E-state index >= 15 is 0 Å². The van der Waals surface area contributed by atoms with E-state index in [-0.39, 0.29) is 11.9 Å². The van der Waals surface area contributed by atoms with Crippen molar-refractivity contribution in [2.24, 2.45) is 0 Å².